The maximum atomic E-state index is 13.9. The topological polar surface area (TPSA) is 29.9 Å². The number of benzene rings is 1. The molecule has 90 valence electrons. The first kappa shape index (κ1) is 11.8. The lowest BCUT2D eigenvalue weighted by Gasteiger charge is -2.13. The molecule has 0 aliphatic carbocycles. The Labute approximate surface area is 100 Å². The van der Waals surface area contributed by atoms with Gasteiger partial charge in [-0.2, -0.15) is 0 Å². The van der Waals surface area contributed by atoms with E-state index in [1.807, 2.05) is 19.9 Å². The molecule has 0 amide bonds. The normalized spacial score (nSPS) is 10.8. The molecule has 0 unspecified atom stereocenters. The van der Waals surface area contributed by atoms with Gasteiger partial charge in [-0.25, -0.2) is 9.37 Å². The molecular formula is C13H16FN3. The summed E-state index contributed by atoms with van der Waals surface area (Å²) in [5.41, 5.74) is 1.52. The van der Waals surface area contributed by atoms with Gasteiger partial charge in [0.2, 0.25) is 0 Å². The van der Waals surface area contributed by atoms with Gasteiger partial charge >= 0.3 is 0 Å². The van der Waals surface area contributed by atoms with E-state index in [0.717, 1.165) is 17.9 Å². The molecule has 0 aliphatic rings. The van der Waals surface area contributed by atoms with Crippen LogP contribution in [0.3, 0.4) is 0 Å². The van der Waals surface area contributed by atoms with Crippen molar-refractivity contribution in [3.63, 3.8) is 0 Å². The van der Waals surface area contributed by atoms with Gasteiger partial charge in [-0.05, 0) is 25.1 Å². The van der Waals surface area contributed by atoms with E-state index in [2.05, 4.69) is 10.3 Å². The maximum Gasteiger partial charge on any atom is 0.147 e. The summed E-state index contributed by atoms with van der Waals surface area (Å²) in [6.07, 6.45) is 3.46. The van der Waals surface area contributed by atoms with Gasteiger partial charge in [0.25, 0.3) is 0 Å². The molecule has 2 aromatic rings. The molecule has 1 N–H and O–H groups in total. The molecule has 3 nitrogen and oxygen atoms in total. The zero-order valence-corrected chi connectivity index (χ0v) is 10.1. The van der Waals surface area contributed by atoms with Crippen LogP contribution < -0.4 is 5.32 Å². The number of rotatable bonds is 4. The molecule has 4 heteroatoms. The highest BCUT2D eigenvalue weighted by Gasteiger charge is 2.11. The molecule has 1 aromatic carbocycles. The van der Waals surface area contributed by atoms with Crippen molar-refractivity contribution in [2.75, 3.05) is 6.54 Å². The van der Waals surface area contributed by atoms with Crippen molar-refractivity contribution in [2.24, 2.45) is 0 Å². The Morgan fingerprint density at radius 3 is 2.88 bits per heavy atom. The van der Waals surface area contributed by atoms with Gasteiger partial charge in [0, 0.05) is 18.9 Å². The van der Waals surface area contributed by atoms with Gasteiger partial charge in [-0.1, -0.05) is 19.1 Å². The number of imidazole rings is 1. The molecule has 1 heterocycles. The molecule has 2 rings (SSSR count). The number of hydrogen-bond donors (Lipinski definition) is 1. The lowest BCUT2D eigenvalue weighted by Crippen LogP contribution is -2.15. The largest absolute Gasteiger partial charge is 0.313 e. The molecule has 0 bridgehead atoms. The fourth-order valence-corrected chi connectivity index (χ4v) is 1.85. The average molecular weight is 233 g/mol. The maximum absolute atomic E-state index is 13.9. The summed E-state index contributed by atoms with van der Waals surface area (Å²) in [5, 5.41) is 3.21. The van der Waals surface area contributed by atoms with Gasteiger partial charge in [-0.3, -0.25) is 0 Å². The standard InChI is InChI=1S/C13H16FN3/c1-3-15-9-11-5-4-6-12(14)13(11)17-8-7-16-10(17)2/h4-8,15H,3,9H2,1-2H3. The van der Waals surface area contributed by atoms with Crippen molar-refractivity contribution < 1.29 is 4.39 Å². The molecule has 0 radical (unpaired) electrons. The number of aromatic nitrogens is 2. The Hall–Kier alpha value is -1.68. The van der Waals surface area contributed by atoms with Gasteiger partial charge < -0.3 is 9.88 Å². The fraction of sp³-hybridized carbons (Fsp3) is 0.308. The zero-order chi connectivity index (χ0) is 12.3. The molecule has 17 heavy (non-hydrogen) atoms. The predicted molar refractivity (Wildman–Crippen MR) is 65.6 cm³/mol. The van der Waals surface area contributed by atoms with Crippen LogP contribution in [0, 0.1) is 12.7 Å². The predicted octanol–water partition coefficient (Wildman–Crippen LogP) is 2.43. The SMILES string of the molecule is CCNCc1cccc(F)c1-n1ccnc1C. The van der Waals surface area contributed by atoms with E-state index < -0.39 is 0 Å². The van der Waals surface area contributed by atoms with Crippen LogP contribution in [0.15, 0.2) is 30.6 Å². The smallest absolute Gasteiger partial charge is 0.147 e. The second-order valence-electron chi connectivity index (χ2n) is 3.87. The first-order chi connectivity index (χ1) is 8.24. The van der Waals surface area contributed by atoms with Crippen molar-refractivity contribution in [3.05, 3.63) is 47.8 Å². The zero-order valence-electron chi connectivity index (χ0n) is 10.1. The third-order valence-electron chi connectivity index (χ3n) is 2.70. The van der Waals surface area contributed by atoms with Crippen molar-refractivity contribution in [3.8, 4) is 5.69 Å². The molecule has 0 aliphatic heterocycles. The highest BCUT2D eigenvalue weighted by molar-refractivity contribution is 5.43. The average Bonchev–Trinajstić information content (AvgIpc) is 2.73. The summed E-state index contributed by atoms with van der Waals surface area (Å²) in [7, 11) is 0. The Morgan fingerprint density at radius 2 is 2.24 bits per heavy atom. The van der Waals surface area contributed by atoms with E-state index in [1.165, 1.54) is 6.07 Å². The number of hydrogen-bond acceptors (Lipinski definition) is 2. The van der Waals surface area contributed by atoms with Crippen LogP contribution >= 0.6 is 0 Å². The van der Waals surface area contributed by atoms with E-state index in [0.29, 0.717) is 12.2 Å². The first-order valence-electron chi connectivity index (χ1n) is 5.72. The second kappa shape index (κ2) is 5.10. The van der Waals surface area contributed by atoms with Crippen molar-refractivity contribution in [2.45, 2.75) is 20.4 Å². The highest BCUT2D eigenvalue weighted by atomic mass is 19.1. The van der Waals surface area contributed by atoms with Crippen LogP contribution in [0.1, 0.15) is 18.3 Å². The van der Waals surface area contributed by atoms with Crippen LogP contribution in [0.4, 0.5) is 4.39 Å². The minimum Gasteiger partial charge on any atom is -0.313 e. The number of nitrogens with zero attached hydrogens (tertiary/aromatic N) is 2. The van der Waals surface area contributed by atoms with E-state index in [1.54, 1.807) is 23.0 Å². The summed E-state index contributed by atoms with van der Waals surface area (Å²) >= 11 is 0. The van der Waals surface area contributed by atoms with Crippen LogP contribution in [0.25, 0.3) is 5.69 Å². The Balaban J connectivity index is 2.47. The van der Waals surface area contributed by atoms with Gasteiger partial charge in [-0.15, -0.1) is 0 Å². The lowest BCUT2D eigenvalue weighted by atomic mass is 10.1. The van der Waals surface area contributed by atoms with Crippen LogP contribution in [-0.2, 0) is 6.54 Å². The van der Waals surface area contributed by atoms with Crippen LogP contribution in [-0.4, -0.2) is 16.1 Å². The number of aryl methyl sites for hydroxylation is 1. The third-order valence-corrected chi connectivity index (χ3v) is 2.70. The molecule has 0 saturated heterocycles. The Bertz CT molecular complexity index is 505. The Morgan fingerprint density at radius 1 is 1.41 bits per heavy atom. The summed E-state index contributed by atoms with van der Waals surface area (Å²) in [6, 6.07) is 5.14. The molecule has 1 aromatic heterocycles. The fourth-order valence-electron chi connectivity index (χ4n) is 1.85. The summed E-state index contributed by atoms with van der Waals surface area (Å²) in [4.78, 5) is 4.13. The molecule has 0 fully saturated rings. The van der Waals surface area contributed by atoms with Gasteiger partial charge in [0.05, 0.1) is 5.69 Å². The lowest BCUT2D eigenvalue weighted by molar-refractivity contribution is 0.609. The van der Waals surface area contributed by atoms with Gasteiger partial charge in [0.15, 0.2) is 0 Å². The van der Waals surface area contributed by atoms with E-state index >= 15 is 0 Å². The number of nitrogens with one attached hydrogen (secondary N) is 1. The van der Waals surface area contributed by atoms with E-state index in [-0.39, 0.29) is 5.82 Å². The number of para-hydroxylation sites is 1. The van der Waals surface area contributed by atoms with Crippen molar-refractivity contribution >= 4 is 0 Å². The quantitative estimate of drug-likeness (QED) is 0.879. The summed E-state index contributed by atoms with van der Waals surface area (Å²) in [5.74, 6) is 0.564. The molecular weight excluding hydrogens is 217 g/mol. The summed E-state index contributed by atoms with van der Waals surface area (Å²) < 4.78 is 15.7. The van der Waals surface area contributed by atoms with Crippen molar-refractivity contribution in [1.82, 2.24) is 14.9 Å². The third kappa shape index (κ3) is 2.36. The van der Waals surface area contributed by atoms with E-state index in [9.17, 15) is 4.39 Å². The molecule has 0 spiro atoms. The van der Waals surface area contributed by atoms with E-state index in [4.69, 9.17) is 0 Å². The molecule has 0 atom stereocenters. The minimum atomic E-state index is -0.221. The van der Waals surface area contributed by atoms with Gasteiger partial charge in [0.1, 0.15) is 11.6 Å². The van der Waals surface area contributed by atoms with Crippen molar-refractivity contribution in [1.29, 1.82) is 0 Å². The number of halogens is 1. The summed E-state index contributed by atoms with van der Waals surface area (Å²) in [6.45, 7) is 5.41. The minimum absolute atomic E-state index is 0.221. The first-order valence-corrected chi connectivity index (χ1v) is 5.72. The second-order valence-corrected chi connectivity index (χ2v) is 3.87. The van der Waals surface area contributed by atoms with Crippen LogP contribution in [0.2, 0.25) is 0 Å². The monoisotopic (exact) mass is 233 g/mol. The molecule has 0 saturated carbocycles. The van der Waals surface area contributed by atoms with Crippen LogP contribution in [0.5, 0.6) is 0 Å². The Kier molecular flexibility index (Phi) is 3.54. The highest BCUT2D eigenvalue weighted by Crippen LogP contribution is 2.20.